The van der Waals surface area contributed by atoms with E-state index in [0.717, 1.165) is 17.8 Å². The summed E-state index contributed by atoms with van der Waals surface area (Å²) in [6.45, 7) is 6.13. The number of aromatic nitrogens is 1. The number of aliphatic hydroxyl groups is 1. The second-order valence-corrected chi connectivity index (χ2v) is 3.85. The molecule has 1 aromatic rings. The number of aliphatic hydroxyl groups excluding tert-OH is 1. The smallest absolute Gasteiger partial charge is 0.0962 e. The molecule has 0 saturated carbocycles. The first kappa shape index (κ1) is 10.2. The van der Waals surface area contributed by atoms with Crippen molar-refractivity contribution in [1.82, 2.24) is 4.98 Å². The number of nitrogens with zero attached hydrogens (tertiary/aromatic N) is 1. The Bertz CT molecular complexity index is 271. The zero-order valence-corrected chi connectivity index (χ0v) is 8.49. The van der Waals surface area contributed by atoms with Gasteiger partial charge in [0.15, 0.2) is 0 Å². The average Bonchev–Trinajstić information content (AvgIpc) is 2.03. The third-order valence-electron chi connectivity index (χ3n) is 1.95. The summed E-state index contributed by atoms with van der Waals surface area (Å²) >= 11 is 0. The topological polar surface area (TPSA) is 33.1 Å². The molecule has 2 heteroatoms. The Kier molecular flexibility index (Phi) is 3.43. The molecule has 1 unspecified atom stereocenters. The monoisotopic (exact) mass is 179 g/mol. The van der Waals surface area contributed by atoms with Crippen LogP contribution < -0.4 is 0 Å². The normalized spacial score (nSPS) is 13.3. The summed E-state index contributed by atoms with van der Waals surface area (Å²) in [5.41, 5.74) is 1.74. The van der Waals surface area contributed by atoms with E-state index in [9.17, 15) is 5.11 Å². The van der Waals surface area contributed by atoms with Gasteiger partial charge in [-0.3, -0.25) is 4.98 Å². The largest absolute Gasteiger partial charge is 0.387 e. The lowest BCUT2D eigenvalue weighted by atomic mass is 10.0. The van der Waals surface area contributed by atoms with Crippen LogP contribution in [0, 0.1) is 12.8 Å². The maximum atomic E-state index is 9.75. The zero-order chi connectivity index (χ0) is 9.84. The van der Waals surface area contributed by atoms with E-state index in [1.807, 2.05) is 25.1 Å². The molecule has 1 atom stereocenters. The van der Waals surface area contributed by atoms with Crippen molar-refractivity contribution < 1.29 is 5.11 Å². The molecule has 0 spiro atoms. The molecule has 0 bridgehead atoms. The Morgan fingerprint density at radius 2 is 2.08 bits per heavy atom. The van der Waals surface area contributed by atoms with Crippen molar-refractivity contribution in [2.75, 3.05) is 0 Å². The maximum absolute atomic E-state index is 9.75. The number of aryl methyl sites for hydroxylation is 1. The highest BCUT2D eigenvalue weighted by atomic mass is 16.3. The molecule has 0 amide bonds. The summed E-state index contributed by atoms with van der Waals surface area (Å²) < 4.78 is 0. The first-order valence-electron chi connectivity index (χ1n) is 4.71. The van der Waals surface area contributed by atoms with Gasteiger partial charge in [0.1, 0.15) is 0 Å². The molecule has 1 N–H and O–H groups in total. The van der Waals surface area contributed by atoms with Gasteiger partial charge >= 0.3 is 0 Å². The van der Waals surface area contributed by atoms with E-state index in [0.29, 0.717) is 5.92 Å². The van der Waals surface area contributed by atoms with Gasteiger partial charge in [-0.2, -0.15) is 0 Å². The van der Waals surface area contributed by atoms with Gasteiger partial charge in [0.05, 0.1) is 11.8 Å². The standard InChI is InChI=1S/C11H17NO/c1-8(2)7-11(13)10-6-4-5-9(3)12-10/h4-6,8,11,13H,7H2,1-3H3. The molecule has 2 nitrogen and oxygen atoms in total. The Morgan fingerprint density at radius 3 is 2.62 bits per heavy atom. The van der Waals surface area contributed by atoms with Gasteiger partial charge in [-0.25, -0.2) is 0 Å². The van der Waals surface area contributed by atoms with Crippen LogP contribution in [-0.2, 0) is 0 Å². The Hall–Kier alpha value is -0.890. The molecule has 0 saturated heterocycles. The van der Waals surface area contributed by atoms with Crippen LogP contribution >= 0.6 is 0 Å². The molecule has 1 rings (SSSR count). The van der Waals surface area contributed by atoms with Gasteiger partial charge in [-0.05, 0) is 31.4 Å². The fourth-order valence-electron chi connectivity index (χ4n) is 1.32. The number of pyridine rings is 1. The first-order chi connectivity index (χ1) is 6.09. The highest BCUT2D eigenvalue weighted by Crippen LogP contribution is 2.18. The number of hydrogen-bond acceptors (Lipinski definition) is 2. The lowest BCUT2D eigenvalue weighted by Gasteiger charge is -2.12. The fourth-order valence-corrected chi connectivity index (χ4v) is 1.32. The third-order valence-corrected chi connectivity index (χ3v) is 1.95. The minimum atomic E-state index is -0.417. The molecule has 0 radical (unpaired) electrons. The predicted octanol–water partition coefficient (Wildman–Crippen LogP) is 2.47. The summed E-state index contributed by atoms with van der Waals surface area (Å²) in [6.07, 6.45) is 0.357. The molecule has 1 aromatic heterocycles. The Labute approximate surface area is 79.6 Å². The minimum Gasteiger partial charge on any atom is -0.387 e. The van der Waals surface area contributed by atoms with Crippen LogP contribution in [0.2, 0.25) is 0 Å². The lowest BCUT2D eigenvalue weighted by Crippen LogP contribution is -2.04. The highest BCUT2D eigenvalue weighted by Gasteiger charge is 2.10. The van der Waals surface area contributed by atoms with Crippen LogP contribution in [0.15, 0.2) is 18.2 Å². The fraction of sp³-hybridized carbons (Fsp3) is 0.545. The molecule has 72 valence electrons. The highest BCUT2D eigenvalue weighted by molar-refractivity contribution is 5.11. The van der Waals surface area contributed by atoms with Crippen molar-refractivity contribution in [2.45, 2.75) is 33.3 Å². The van der Waals surface area contributed by atoms with Gasteiger partial charge in [0.2, 0.25) is 0 Å². The van der Waals surface area contributed by atoms with E-state index in [1.165, 1.54) is 0 Å². The zero-order valence-electron chi connectivity index (χ0n) is 8.49. The van der Waals surface area contributed by atoms with Crippen LogP contribution in [-0.4, -0.2) is 10.1 Å². The SMILES string of the molecule is Cc1cccc(C(O)CC(C)C)n1. The van der Waals surface area contributed by atoms with E-state index in [-0.39, 0.29) is 0 Å². The van der Waals surface area contributed by atoms with Crippen LogP contribution in [0.3, 0.4) is 0 Å². The molecule has 0 aliphatic rings. The van der Waals surface area contributed by atoms with Crippen molar-refractivity contribution >= 4 is 0 Å². The second kappa shape index (κ2) is 4.38. The van der Waals surface area contributed by atoms with Crippen molar-refractivity contribution in [2.24, 2.45) is 5.92 Å². The maximum Gasteiger partial charge on any atom is 0.0962 e. The summed E-state index contributed by atoms with van der Waals surface area (Å²) in [5, 5.41) is 9.75. The molecule has 0 aliphatic heterocycles. The predicted molar refractivity (Wildman–Crippen MR) is 53.4 cm³/mol. The average molecular weight is 179 g/mol. The van der Waals surface area contributed by atoms with Crippen molar-refractivity contribution in [3.63, 3.8) is 0 Å². The molecule has 0 fully saturated rings. The van der Waals surface area contributed by atoms with Gasteiger partial charge in [-0.15, -0.1) is 0 Å². The second-order valence-electron chi connectivity index (χ2n) is 3.85. The Morgan fingerprint density at radius 1 is 1.38 bits per heavy atom. The Balaban J connectivity index is 2.71. The summed E-state index contributed by atoms with van der Waals surface area (Å²) in [6, 6.07) is 5.74. The number of hydrogen-bond donors (Lipinski definition) is 1. The van der Waals surface area contributed by atoms with Crippen LogP contribution in [0.1, 0.15) is 37.8 Å². The summed E-state index contributed by atoms with van der Waals surface area (Å²) in [5.74, 6) is 0.498. The van der Waals surface area contributed by atoms with E-state index in [2.05, 4.69) is 18.8 Å². The molecular weight excluding hydrogens is 162 g/mol. The van der Waals surface area contributed by atoms with Crippen LogP contribution in [0.4, 0.5) is 0 Å². The lowest BCUT2D eigenvalue weighted by molar-refractivity contribution is 0.146. The molecule has 13 heavy (non-hydrogen) atoms. The van der Waals surface area contributed by atoms with E-state index in [1.54, 1.807) is 0 Å². The van der Waals surface area contributed by atoms with E-state index < -0.39 is 6.10 Å². The third kappa shape index (κ3) is 3.15. The number of rotatable bonds is 3. The van der Waals surface area contributed by atoms with Crippen molar-refractivity contribution in [3.05, 3.63) is 29.6 Å². The van der Waals surface area contributed by atoms with E-state index >= 15 is 0 Å². The molecule has 0 aliphatic carbocycles. The van der Waals surface area contributed by atoms with Crippen molar-refractivity contribution in [3.8, 4) is 0 Å². The summed E-state index contributed by atoms with van der Waals surface area (Å²) in [7, 11) is 0. The van der Waals surface area contributed by atoms with Gasteiger partial charge in [0.25, 0.3) is 0 Å². The van der Waals surface area contributed by atoms with Gasteiger partial charge in [0, 0.05) is 5.69 Å². The molecule has 0 aromatic carbocycles. The van der Waals surface area contributed by atoms with Crippen molar-refractivity contribution in [1.29, 1.82) is 0 Å². The van der Waals surface area contributed by atoms with Crippen LogP contribution in [0.25, 0.3) is 0 Å². The quantitative estimate of drug-likeness (QED) is 0.773. The molecule has 1 heterocycles. The van der Waals surface area contributed by atoms with E-state index in [4.69, 9.17) is 0 Å². The summed E-state index contributed by atoms with van der Waals surface area (Å²) in [4.78, 5) is 4.28. The van der Waals surface area contributed by atoms with Gasteiger partial charge in [-0.1, -0.05) is 19.9 Å². The van der Waals surface area contributed by atoms with Crippen LogP contribution in [0.5, 0.6) is 0 Å². The molecular formula is C11H17NO. The minimum absolute atomic E-state index is 0.417. The first-order valence-corrected chi connectivity index (χ1v) is 4.71. The van der Waals surface area contributed by atoms with Gasteiger partial charge < -0.3 is 5.11 Å².